The average Bonchev–Trinajstić information content (AvgIpc) is 2.28. The molecule has 5 heteroatoms. The van der Waals surface area contributed by atoms with Crippen LogP contribution in [-0.4, -0.2) is 41.1 Å². The molecule has 1 aliphatic rings. The van der Waals surface area contributed by atoms with Crippen LogP contribution in [0.5, 0.6) is 0 Å². The van der Waals surface area contributed by atoms with Crippen molar-refractivity contribution in [2.24, 2.45) is 0 Å². The minimum absolute atomic E-state index is 0.0572. The summed E-state index contributed by atoms with van der Waals surface area (Å²) >= 11 is 0. The number of carbonyl (C=O) groups is 1. The predicted molar refractivity (Wildman–Crippen MR) is 64.6 cm³/mol. The van der Waals surface area contributed by atoms with Gasteiger partial charge < -0.3 is 15.4 Å². The fourth-order valence-corrected chi connectivity index (χ4v) is 1.98. The van der Waals surface area contributed by atoms with Crippen molar-refractivity contribution < 1.29 is 9.53 Å². The van der Waals surface area contributed by atoms with Gasteiger partial charge in [0.1, 0.15) is 0 Å². The van der Waals surface area contributed by atoms with Crippen molar-refractivity contribution in [1.29, 1.82) is 0 Å². The van der Waals surface area contributed by atoms with Gasteiger partial charge in [-0.1, -0.05) is 0 Å². The summed E-state index contributed by atoms with van der Waals surface area (Å²) in [6, 6.07) is 1.66. The zero-order valence-electron chi connectivity index (χ0n) is 10.1. The quantitative estimate of drug-likeness (QED) is 0.785. The number of carbonyl (C=O) groups excluding carboxylic acids is 1. The lowest BCUT2D eigenvalue weighted by molar-refractivity contribution is -0.0370. The Bertz CT molecular complexity index is 432. The fraction of sp³-hybridized carbons (Fsp3) is 0.500. The van der Waals surface area contributed by atoms with Gasteiger partial charge in [0.2, 0.25) is 0 Å². The number of rotatable bonds is 1. The Kier molecular flexibility index (Phi) is 3.02. The number of nitrogen functional groups attached to an aromatic ring is 1. The van der Waals surface area contributed by atoms with Gasteiger partial charge in [-0.3, -0.25) is 9.78 Å². The van der Waals surface area contributed by atoms with E-state index in [2.05, 4.69) is 4.98 Å². The van der Waals surface area contributed by atoms with Gasteiger partial charge in [0.15, 0.2) is 0 Å². The van der Waals surface area contributed by atoms with Crippen molar-refractivity contribution in [3.8, 4) is 0 Å². The maximum atomic E-state index is 12.4. The second kappa shape index (κ2) is 4.33. The van der Waals surface area contributed by atoms with Crippen LogP contribution in [0, 0.1) is 0 Å². The number of anilines is 1. The Balaban J connectivity index is 2.28. The van der Waals surface area contributed by atoms with E-state index in [9.17, 15) is 4.79 Å². The van der Waals surface area contributed by atoms with Crippen LogP contribution in [-0.2, 0) is 4.74 Å². The molecule has 1 amide bonds. The SMILES string of the molecule is CC1(C)COCCN1C(=O)c1ccncc1N. The van der Waals surface area contributed by atoms with Crippen molar-refractivity contribution in [3.63, 3.8) is 0 Å². The van der Waals surface area contributed by atoms with E-state index in [0.717, 1.165) is 0 Å². The van der Waals surface area contributed by atoms with E-state index in [4.69, 9.17) is 10.5 Å². The summed E-state index contributed by atoms with van der Waals surface area (Å²) in [5, 5.41) is 0. The zero-order chi connectivity index (χ0) is 12.5. The summed E-state index contributed by atoms with van der Waals surface area (Å²) < 4.78 is 5.39. The lowest BCUT2D eigenvalue weighted by Crippen LogP contribution is -2.55. The maximum Gasteiger partial charge on any atom is 0.256 e. The fourth-order valence-electron chi connectivity index (χ4n) is 1.98. The number of morpholine rings is 1. The van der Waals surface area contributed by atoms with Crippen LogP contribution in [0.25, 0.3) is 0 Å². The molecule has 5 nitrogen and oxygen atoms in total. The number of hydrogen-bond acceptors (Lipinski definition) is 4. The smallest absolute Gasteiger partial charge is 0.256 e. The highest BCUT2D eigenvalue weighted by molar-refractivity contribution is 5.99. The Labute approximate surface area is 101 Å². The highest BCUT2D eigenvalue weighted by Crippen LogP contribution is 2.23. The summed E-state index contributed by atoms with van der Waals surface area (Å²) in [6.45, 7) is 5.68. The third kappa shape index (κ3) is 2.24. The Hall–Kier alpha value is -1.62. The number of aromatic nitrogens is 1. The number of amides is 1. The minimum Gasteiger partial charge on any atom is -0.397 e. The molecule has 1 aromatic heterocycles. The number of pyridine rings is 1. The Morgan fingerprint density at radius 2 is 2.35 bits per heavy atom. The van der Waals surface area contributed by atoms with Crippen molar-refractivity contribution >= 4 is 11.6 Å². The van der Waals surface area contributed by atoms with E-state index in [1.807, 2.05) is 18.7 Å². The zero-order valence-corrected chi connectivity index (χ0v) is 10.1. The summed E-state index contributed by atoms with van der Waals surface area (Å²) in [4.78, 5) is 18.1. The van der Waals surface area contributed by atoms with Gasteiger partial charge in [-0.2, -0.15) is 0 Å². The second-order valence-electron chi connectivity index (χ2n) is 4.78. The summed E-state index contributed by atoms with van der Waals surface area (Å²) in [6.07, 6.45) is 3.08. The molecule has 1 saturated heterocycles. The van der Waals surface area contributed by atoms with Crippen LogP contribution >= 0.6 is 0 Å². The molecule has 17 heavy (non-hydrogen) atoms. The van der Waals surface area contributed by atoms with Crippen LogP contribution in [0.2, 0.25) is 0 Å². The van der Waals surface area contributed by atoms with Crippen LogP contribution in [0.15, 0.2) is 18.5 Å². The molecule has 92 valence electrons. The first kappa shape index (κ1) is 11.9. The van der Waals surface area contributed by atoms with Crippen LogP contribution in [0.4, 0.5) is 5.69 Å². The molecule has 0 saturated carbocycles. The first-order valence-corrected chi connectivity index (χ1v) is 5.61. The van der Waals surface area contributed by atoms with E-state index < -0.39 is 0 Å². The van der Waals surface area contributed by atoms with E-state index in [1.165, 1.54) is 6.20 Å². The van der Waals surface area contributed by atoms with Crippen molar-refractivity contribution in [3.05, 3.63) is 24.0 Å². The average molecular weight is 235 g/mol. The second-order valence-corrected chi connectivity index (χ2v) is 4.78. The lowest BCUT2D eigenvalue weighted by Gasteiger charge is -2.42. The van der Waals surface area contributed by atoms with Crippen molar-refractivity contribution in [1.82, 2.24) is 9.88 Å². The van der Waals surface area contributed by atoms with Gasteiger partial charge in [-0.05, 0) is 19.9 Å². The summed E-state index contributed by atoms with van der Waals surface area (Å²) in [7, 11) is 0. The standard InChI is InChI=1S/C12H17N3O2/c1-12(2)8-17-6-5-15(12)11(16)9-3-4-14-7-10(9)13/h3-4,7H,5-6,8,13H2,1-2H3. The molecule has 0 unspecified atom stereocenters. The largest absolute Gasteiger partial charge is 0.397 e. The van der Waals surface area contributed by atoms with Crippen LogP contribution in [0.1, 0.15) is 24.2 Å². The molecule has 1 fully saturated rings. The molecular weight excluding hydrogens is 218 g/mol. The molecule has 0 aromatic carbocycles. The van der Waals surface area contributed by atoms with E-state index in [1.54, 1.807) is 12.3 Å². The van der Waals surface area contributed by atoms with Crippen molar-refractivity contribution in [2.75, 3.05) is 25.5 Å². The molecule has 0 spiro atoms. The van der Waals surface area contributed by atoms with Gasteiger partial charge in [-0.25, -0.2) is 0 Å². The molecule has 0 atom stereocenters. The van der Waals surface area contributed by atoms with Crippen LogP contribution < -0.4 is 5.73 Å². The third-order valence-corrected chi connectivity index (χ3v) is 2.97. The third-order valence-electron chi connectivity index (χ3n) is 2.97. The predicted octanol–water partition coefficient (Wildman–Crippen LogP) is 0.915. The number of hydrogen-bond donors (Lipinski definition) is 1. The molecular formula is C12H17N3O2. The molecule has 1 aromatic rings. The van der Waals surface area contributed by atoms with Crippen LogP contribution in [0.3, 0.4) is 0 Å². The minimum atomic E-state index is -0.301. The van der Waals surface area contributed by atoms with E-state index >= 15 is 0 Å². The van der Waals surface area contributed by atoms with Gasteiger partial charge in [0, 0.05) is 12.7 Å². The molecule has 2 N–H and O–H groups in total. The summed E-state index contributed by atoms with van der Waals surface area (Å²) in [5.74, 6) is -0.0572. The molecule has 0 radical (unpaired) electrons. The van der Waals surface area contributed by atoms with Gasteiger partial charge in [0.05, 0.1) is 36.2 Å². The van der Waals surface area contributed by atoms with Gasteiger partial charge in [0.25, 0.3) is 5.91 Å². The molecule has 1 aliphatic heterocycles. The Morgan fingerprint density at radius 3 is 3.00 bits per heavy atom. The lowest BCUT2D eigenvalue weighted by atomic mass is 10.0. The summed E-state index contributed by atoms with van der Waals surface area (Å²) in [5.41, 5.74) is 6.40. The van der Waals surface area contributed by atoms with E-state index in [0.29, 0.717) is 31.0 Å². The first-order valence-electron chi connectivity index (χ1n) is 5.61. The maximum absolute atomic E-state index is 12.4. The molecule has 0 aliphatic carbocycles. The highest BCUT2D eigenvalue weighted by Gasteiger charge is 2.35. The highest BCUT2D eigenvalue weighted by atomic mass is 16.5. The first-order chi connectivity index (χ1) is 8.02. The molecule has 2 heterocycles. The van der Waals surface area contributed by atoms with Crippen molar-refractivity contribution in [2.45, 2.75) is 19.4 Å². The number of nitrogens with zero attached hydrogens (tertiary/aromatic N) is 2. The van der Waals surface area contributed by atoms with Gasteiger partial charge >= 0.3 is 0 Å². The number of nitrogens with two attached hydrogens (primary N) is 1. The monoisotopic (exact) mass is 235 g/mol. The number of ether oxygens (including phenoxy) is 1. The van der Waals surface area contributed by atoms with E-state index in [-0.39, 0.29) is 11.4 Å². The topological polar surface area (TPSA) is 68.5 Å². The van der Waals surface area contributed by atoms with Gasteiger partial charge in [-0.15, -0.1) is 0 Å². The molecule has 2 rings (SSSR count). The molecule has 0 bridgehead atoms. The normalized spacial score (nSPS) is 19.1. The Morgan fingerprint density at radius 1 is 1.59 bits per heavy atom.